The molecule has 1 saturated heterocycles. The molecule has 0 aromatic heterocycles. The molecule has 0 aliphatic carbocycles. The Morgan fingerprint density at radius 2 is 2.00 bits per heavy atom. The van der Waals surface area contributed by atoms with Crippen LogP contribution in [0.2, 0.25) is 0 Å². The third-order valence-electron chi connectivity index (χ3n) is 3.49. The van der Waals surface area contributed by atoms with Gasteiger partial charge in [-0.3, -0.25) is 4.90 Å². The monoisotopic (exact) mass is 236 g/mol. The van der Waals surface area contributed by atoms with Crippen LogP contribution in [0.25, 0.3) is 0 Å². The minimum absolute atomic E-state index is 0.160. The van der Waals surface area contributed by atoms with Gasteiger partial charge in [-0.25, -0.2) is 4.39 Å². The Morgan fingerprint density at radius 1 is 1.29 bits per heavy atom. The van der Waals surface area contributed by atoms with E-state index in [-0.39, 0.29) is 5.82 Å². The lowest BCUT2D eigenvalue weighted by molar-refractivity contribution is 0.199. The van der Waals surface area contributed by atoms with E-state index in [4.69, 9.17) is 0 Å². The first-order valence-electron chi connectivity index (χ1n) is 6.37. The van der Waals surface area contributed by atoms with E-state index in [0.29, 0.717) is 12.1 Å². The molecule has 94 valence electrons. The van der Waals surface area contributed by atoms with E-state index in [0.717, 1.165) is 19.6 Å². The summed E-state index contributed by atoms with van der Waals surface area (Å²) in [6.45, 7) is 7.53. The molecule has 17 heavy (non-hydrogen) atoms. The molecule has 0 bridgehead atoms. The van der Waals surface area contributed by atoms with Crippen LogP contribution in [0, 0.1) is 5.82 Å². The summed E-state index contributed by atoms with van der Waals surface area (Å²) in [7, 11) is 0. The molecule has 1 N–H and O–H groups in total. The Bertz CT molecular complexity index is 350. The van der Waals surface area contributed by atoms with Gasteiger partial charge in [-0.2, -0.15) is 0 Å². The average Bonchev–Trinajstić information content (AvgIpc) is 2.45. The van der Waals surface area contributed by atoms with E-state index in [1.54, 1.807) is 12.1 Å². The molecule has 1 aromatic rings. The molecule has 2 rings (SSSR count). The molecule has 2 atom stereocenters. The molecule has 2 nitrogen and oxygen atoms in total. The summed E-state index contributed by atoms with van der Waals surface area (Å²) in [4.78, 5) is 2.47. The quantitative estimate of drug-likeness (QED) is 0.848. The van der Waals surface area contributed by atoms with Crippen molar-refractivity contribution in [3.63, 3.8) is 0 Å². The van der Waals surface area contributed by atoms with Gasteiger partial charge in [0.1, 0.15) is 5.82 Å². The maximum atomic E-state index is 12.8. The van der Waals surface area contributed by atoms with Gasteiger partial charge in [0.25, 0.3) is 0 Å². The highest BCUT2D eigenvalue weighted by molar-refractivity contribution is 5.16. The minimum atomic E-state index is -0.160. The largest absolute Gasteiger partial charge is 0.313 e. The highest BCUT2D eigenvalue weighted by Gasteiger charge is 2.20. The van der Waals surface area contributed by atoms with Crippen molar-refractivity contribution >= 4 is 0 Å². The van der Waals surface area contributed by atoms with Crippen molar-refractivity contribution in [2.24, 2.45) is 0 Å². The van der Waals surface area contributed by atoms with Gasteiger partial charge in [-0.05, 0) is 44.5 Å². The van der Waals surface area contributed by atoms with Crippen molar-refractivity contribution in [1.82, 2.24) is 10.2 Å². The molecular weight excluding hydrogens is 215 g/mol. The van der Waals surface area contributed by atoms with Crippen molar-refractivity contribution in [1.29, 1.82) is 0 Å². The maximum Gasteiger partial charge on any atom is 0.123 e. The molecule has 3 heteroatoms. The number of hydrogen-bond acceptors (Lipinski definition) is 2. The fraction of sp³-hybridized carbons (Fsp3) is 0.571. The standard InChI is InChI=1S/C14H21FN2/c1-11-9-17(12(2)7-8-16-11)10-13-3-5-14(15)6-4-13/h3-6,11-12,16H,7-10H2,1-2H3. The predicted molar refractivity (Wildman–Crippen MR) is 68.4 cm³/mol. The molecule has 2 unspecified atom stereocenters. The van der Waals surface area contributed by atoms with E-state index < -0.39 is 0 Å². The Morgan fingerprint density at radius 3 is 2.71 bits per heavy atom. The first kappa shape index (κ1) is 12.5. The molecule has 0 amide bonds. The number of hydrogen-bond donors (Lipinski definition) is 1. The number of rotatable bonds is 2. The van der Waals surface area contributed by atoms with Crippen LogP contribution in [0.3, 0.4) is 0 Å². The summed E-state index contributed by atoms with van der Waals surface area (Å²) in [6, 6.07) is 7.95. The van der Waals surface area contributed by atoms with Crippen molar-refractivity contribution in [2.75, 3.05) is 13.1 Å². The van der Waals surface area contributed by atoms with Gasteiger partial charge in [0.2, 0.25) is 0 Å². The third kappa shape index (κ3) is 3.51. The Hall–Kier alpha value is -0.930. The summed E-state index contributed by atoms with van der Waals surface area (Å²) in [6.07, 6.45) is 1.17. The van der Waals surface area contributed by atoms with Crippen molar-refractivity contribution in [3.8, 4) is 0 Å². The van der Waals surface area contributed by atoms with Crippen LogP contribution in [0.15, 0.2) is 24.3 Å². The zero-order valence-corrected chi connectivity index (χ0v) is 10.6. The zero-order valence-electron chi connectivity index (χ0n) is 10.6. The highest BCUT2D eigenvalue weighted by atomic mass is 19.1. The summed E-state index contributed by atoms with van der Waals surface area (Å²) < 4.78 is 12.8. The fourth-order valence-corrected chi connectivity index (χ4v) is 2.36. The van der Waals surface area contributed by atoms with Crippen LogP contribution >= 0.6 is 0 Å². The van der Waals surface area contributed by atoms with Gasteiger partial charge < -0.3 is 5.32 Å². The van der Waals surface area contributed by atoms with E-state index in [1.165, 1.54) is 12.0 Å². The first-order chi connectivity index (χ1) is 8.15. The van der Waals surface area contributed by atoms with E-state index in [9.17, 15) is 4.39 Å². The predicted octanol–water partition coefficient (Wildman–Crippen LogP) is 2.40. The smallest absolute Gasteiger partial charge is 0.123 e. The topological polar surface area (TPSA) is 15.3 Å². The zero-order chi connectivity index (χ0) is 12.3. The van der Waals surface area contributed by atoms with Crippen LogP contribution in [-0.2, 0) is 6.54 Å². The van der Waals surface area contributed by atoms with Crippen LogP contribution in [-0.4, -0.2) is 30.1 Å². The second-order valence-electron chi connectivity index (χ2n) is 5.05. The summed E-state index contributed by atoms with van der Waals surface area (Å²) in [5.74, 6) is -0.160. The van der Waals surface area contributed by atoms with Crippen molar-refractivity contribution < 1.29 is 4.39 Å². The summed E-state index contributed by atoms with van der Waals surface area (Å²) in [5, 5.41) is 3.50. The molecule has 0 saturated carbocycles. The first-order valence-corrected chi connectivity index (χ1v) is 6.37. The molecule has 1 aromatic carbocycles. The second-order valence-corrected chi connectivity index (χ2v) is 5.05. The van der Waals surface area contributed by atoms with Crippen molar-refractivity contribution in [2.45, 2.75) is 38.9 Å². The number of benzene rings is 1. The average molecular weight is 236 g/mol. The SMILES string of the molecule is CC1CN(Cc2ccc(F)cc2)C(C)CCN1. The van der Waals surface area contributed by atoms with Gasteiger partial charge in [0.15, 0.2) is 0 Å². The molecular formula is C14H21FN2. The van der Waals surface area contributed by atoms with Crippen LogP contribution < -0.4 is 5.32 Å². The summed E-state index contributed by atoms with van der Waals surface area (Å²) in [5.41, 5.74) is 1.19. The minimum Gasteiger partial charge on any atom is -0.313 e. The van der Waals surface area contributed by atoms with E-state index >= 15 is 0 Å². The molecule has 0 radical (unpaired) electrons. The second kappa shape index (κ2) is 5.61. The lowest BCUT2D eigenvalue weighted by Gasteiger charge is -2.28. The highest BCUT2D eigenvalue weighted by Crippen LogP contribution is 2.14. The molecule has 1 aliphatic rings. The van der Waals surface area contributed by atoms with Gasteiger partial charge in [0.05, 0.1) is 0 Å². The van der Waals surface area contributed by atoms with Crippen LogP contribution in [0.4, 0.5) is 4.39 Å². The summed E-state index contributed by atoms with van der Waals surface area (Å²) >= 11 is 0. The third-order valence-corrected chi connectivity index (χ3v) is 3.49. The van der Waals surface area contributed by atoms with Gasteiger partial charge in [0, 0.05) is 25.2 Å². The molecule has 1 aliphatic heterocycles. The number of halogens is 1. The van der Waals surface area contributed by atoms with Crippen LogP contribution in [0.1, 0.15) is 25.8 Å². The van der Waals surface area contributed by atoms with Gasteiger partial charge in [-0.1, -0.05) is 12.1 Å². The Kier molecular flexibility index (Phi) is 4.13. The molecule has 1 heterocycles. The Labute approximate surface area is 103 Å². The molecule has 1 fully saturated rings. The van der Waals surface area contributed by atoms with Gasteiger partial charge >= 0.3 is 0 Å². The van der Waals surface area contributed by atoms with Crippen molar-refractivity contribution in [3.05, 3.63) is 35.6 Å². The Balaban J connectivity index is 2.02. The number of nitrogens with one attached hydrogen (secondary N) is 1. The maximum absolute atomic E-state index is 12.8. The lowest BCUT2D eigenvalue weighted by Crippen LogP contribution is -2.37. The lowest BCUT2D eigenvalue weighted by atomic mass is 10.1. The normalized spacial score (nSPS) is 26.8. The van der Waals surface area contributed by atoms with Crippen LogP contribution in [0.5, 0.6) is 0 Å². The van der Waals surface area contributed by atoms with E-state index in [2.05, 4.69) is 24.1 Å². The number of nitrogens with zero attached hydrogens (tertiary/aromatic N) is 1. The van der Waals surface area contributed by atoms with Gasteiger partial charge in [-0.15, -0.1) is 0 Å². The van der Waals surface area contributed by atoms with E-state index in [1.807, 2.05) is 12.1 Å². The molecule has 0 spiro atoms. The fourth-order valence-electron chi connectivity index (χ4n) is 2.36.